The van der Waals surface area contributed by atoms with Crippen molar-refractivity contribution in [2.75, 3.05) is 6.61 Å². The summed E-state index contributed by atoms with van der Waals surface area (Å²) in [5, 5.41) is 4.17. The van der Waals surface area contributed by atoms with Gasteiger partial charge in [0.05, 0.1) is 23.9 Å². The van der Waals surface area contributed by atoms with Crippen molar-refractivity contribution in [3.05, 3.63) is 18.0 Å². The molecule has 0 atom stereocenters. The van der Waals surface area contributed by atoms with E-state index in [2.05, 4.69) is 12.0 Å². The number of carbonyl (C=O) groups excluding carboxylic acids is 1. The van der Waals surface area contributed by atoms with Crippen molar-refractivity contribution in [2.24, 2.45) is 0 Å². The molecule has 76 valence electrons. The molecule has 1 heterocycles. The Balaban J connectivity index is 2.13. The monoisotopic (exact) mass is 194 g/mol. The maximum absolute atomic E-state index is 11.3. The molecule has 0 spiro atoms. The maximum atomic E-state index is 11.3. The van der Waals surface area contributed by atoms with E-state index in [1.54, 1.807) is 19.3 Å². The quantitative estimate of drug-likeness (QED) is 0.686. The fraction of sp³-hybridized carbons (Fsp3) is 0.600. The van der Waals surface area contributed by atoms with Gasteiger partial charge in [-0.2, -0.15) is 5.10 Å². The van der Waals surface area contributed by atoms with Crippen LogP contribution in [0.15, 0.2) is 12.4 Å². The largest absolute Gasteiger partial charge is 0.462 e. The van der Waals surface area contributed by atoms with Crippen molar-refractivity contribution in [3.63, 3.8) is 0 Å². The first-order valence-electron chi connectivity index (χ1n) is 4.88. The molecule has 0 N–H and O–H groups in total. The lowest BCUT2D eigenvalue weighted by atomic mass is 10.3. The lowest BCUT2D eigenvalue weighted by Crippen LogP contribution is -2.12. The van der Waals surface area contributed by atoms with Crippen LogP contribution in [-0.4, -0.2) is 22.4 Å². The number of rotatable bonds is 3. The second-order valence-electron chi connectivity index (χ2n) is 3.89. The number of hydrogen-bond acceptors (Lipinski definition) is 3. The molecular weight excluding hydrogens is 180 g/mol. The number of esters is 1. The van der Waals surface area contributed by atoms with Crippen molar-refractivity contribution < 1.29 is 9.53 Å². The third kappa shape index (κ3) is 1.52. The molecule has 0 aromatic carbocycles. The van der Waals surface area contributed by atoms with Crippen molar-refractivity contribution in [1.29, 1.82) is 0 Å². The average molecular weight is 194 g/mol. The second kappa shape index (κ2) is 3.12. The van der Waals surface area contributed by atoms with Gasteiger partial charge in [0.15, 0.2) is 0 Å². The van der Waals surface area contributed by atoms with E-state index in [4.69, 9.17) is 4.74 Å². The normalized spacial score (nSPS) is 17.9. The topological polar surface area (TPSA) is 44.1 Å². The number of hydrogen-bond donors (Lipinski definition) is 0. The van der Waals surface area contributed by atoms with E-state index < -0.39 is 0 Å². The zero-order valence-corrected chi connectivity index (χ0v) is 8.49. The van der Waals surface area contributed by atoms with Gasteiger partial charge in [0.1, 0.15) is 0 Å². The van der Waals surface area contributed by atoms with Gasteiger partial charge in [-0.3, -0.25) is 4.68 Å². The SMILES string of the molecule is CCOC(=O)c1cnn(C2(C)CC2)c1. The minimum absolute atomic E-state index is 0.144. The Morgan fingerprint density at radius 2 is 2.43 bits per heavy atom. The van der Waals surface area contributed by atoms with Gasteiger partial charge in [-0.05, 0) is 26.7 Å². The summed E-state index contributed by atoms with van der Waals surface area (Å²) < 4.78 is 6.74. The molecule has 1 aliphatic rings. The highest BCUT2D eigenvalue weighted by molar-refractivity contribution is 5.88. The van der Waals surface area contributed by atoms with Crippen LogP contribution in [0.1, 0.15) is 37.0 Å². The molecule has 1 aliphatic carbocycles. The molecule has 1 aromatic rings. The molecule has 0 bridgehead atoms. The van der Waals surface area contributed by atoms with Gasteiger partial charge in [0.25, 0.3) is 0 Å². The molecule has 1 fully saturated rings. The number of carbonyl (C=O) groups is 1. The van der Waals surface area contributed by atoms with Crippen molar-refractivity contribution in [3.8, 4) is 0 Å². The van der Waals surface area contributed by atoms with E-state index in [1.807, 2.05) is 4.68 Å². The molecule has 1 aromatic heterocycles. The van der Waals surface area contributed by atoms with Gasteiger partial charge in [-0.15, -0.1) is 0 Å². The van der Waals surface area contributed by atoms with Crippen LogP contribution in [0.2, 0.25) is 0 Å². The predicted octanol–water partition coefficient (Wildman–Crippen LogP) is 1.57. The van der Waals surface area contributed by atoms with Crippen LogP contribution in [0.5, 0.6) is 0 Å². The summed E-state index contributed by atoms with van der Waals surface area (Å²) in [5.74, 6) is -0.289. The Morgan fingerprint density at radius 1 is 1.71 bits per heavy atom. The van der Waals surface area contributed by atoms with Crippen LogP contribution in [0.25, 0.3) is 0 Å². The Labute approximate surface area is 82.9 Å². The van der Waals surface area contributed by atoms with Gasteiger partial charge >= 0.3 is 5.97 Å². The zero-order chi connectivity index (χ0) is 10.2. The van der Waals surface area contributed by atoms with Gasteiger partial charge in [-0.1, -0.05) is 0 Å². The van der Waals surface area contributed by atoms with E-state index in [0.29, 0.717) is 12.2 Å². The summed E-state index contributed by atoms with van der Waals surface area (Å²) in [6, 6.07) is 0. The maximum Gasteiger partial charge on any atom is 0.341 e. The summed E-state index contributed by atoms with van der Waals surface area (Å²) in [4.78, 5) is 11.3. The van der Waals surface area contributed by atoms with Crippen LogP contribution in [-0.2, 0) is 10.3 Å². The van der Waals surface area contributed by atoms with Gasteiger partial charge < -0.3 is 4.74 Å². The van der Waals surface area contributed by atoms with Crippen molar-refractivity contribution in [2.45, 2.75) is 32.2 Å². The first-order chi connectivity index (χ1) is 6.65. The van der Waals surface area contributed by atoms with Gasteiger partial charge in [0.2, 0.25) is 0 Å². The molecule has 0 unspecified atom stereocenters. The number of aromatic nitrogens is 2. The third-order valence-electron chi connectivity index (χ3n) is 2.62. The minimum atomic E-state index is -0.289. The predicted molar refractivity (Wildman–Crippen MR) is 51.1 cm³/mol. The first-order valence-corrected chi connectivity index (χ1v) is 4.88. The minimum Gasteiger partial charge on any atom is -0.462 e. The molecule has 14 heavy (non-hydrogen) atoms. The molecule has 2 rings (SSSR count). The van der Waals surface area contributed by atoms with Crippen molar-refractivity contribution >= 4 is 5.97 Å². The van der Waals surface area contributed by atoms with Crippen LogP contribution in [0, 0.1) is 0 Å². The highest BCUT2D eigenvalue weighted by Crippen LogP contribution is 2.42. The van der Waals surface area contributed by atoms with Crippen LogP contribution >= 0.6 is 0 Å². The van der Waals surface area contributed by atoms with Crippen LogP contribution in [0.4, 0.5) is 0 Å². The first kappa shape index (κ1) is 9.24. The smallest absolute Gasteiger partial charge is 0.341 e. The van der Waals surface area contributed by atoms with E-state index in [9.17, 15) is 4.79 Å². The van der Waals surface area contributed by atoms with Gasteiger partial charge in [-0.25, -0.2) is 4.79 Å². The highest BCUT2D eigenvalue weighted by Gasteiger charge is 2.40. The number of nitrogens with zero attached hydrogens (tertiary/aromatic N) is 2. The zero-order valence-electron chi connectivity index (χ0n) is 8.49. The van der Waals surface area contributed by atoms with Crippen LogP contribution < -0.4 is 0 Å². The van der Waals surface area contributed by atoms with Crippen LogP contribution in [0.3, 0.4) is 0 Å². The fourth-order valence-electron chi connectivity index (χ4n) is 1.35. The highest BCUT2D eigenvalue weighted by atomic mass is 16.5. The summed E-state index contributed by atoms with van der Waals surface area (Å²) in [5.41, 5.74) is 0.685. The Hall–Kier alpha value is -1.32. The molecule has 0 radical (unpaired) electrons. The standard InChI is InChI=1S/C10H14N2O2/c1-3-14-9(13)8-6-11-12(7-8)10(2)4-5-10/h6-7H,3-5H2,1-2H3. The molecular formula is C10H14N2O2. The summed E-state index contributed by atoms with van der Waals surface area (Å²) in [6.45, 7) is 4.33. The van der Waals surface area contributed by atoms with Crippen molar-refractivity contribution in [1.82, 2.24) is 9.78 Å². The molecule has 4 heteroatoms. The lowest BCUT2D eigenvalue weighted by Gasteiger charge is -2.07. The molecule has 0 aliphatic heterocycles. The van der Waals surface area contributed by atoms with E-state index >= 15 is 0 Å². The fourth-order valence-corrected chi connectivity index (χ4v) is 1.35. The Kier molecular flexibility index (Phi) is 2.06. The lowest BCUT2D eigenvalue weighted by molar-refractivity contribution is 0.0526. The van der Waals surface area contributed by atoms with Gasteiger partial charge in [0, 0.05) is 6.20 Å². The molecule has 0 amide bonds. The van der Waals surface area contributed by atoms with E-state index in [0.717, 1.165) is 12.8 Å². The second-order valence-corrected chi connectivity index (χ2v) is 3.89. The Bertz CT molecular complexity index is 353. The van der Waals surface area contributed by atoms with E-state index in [-0.39, 0.29) is 11.5 Å². The average Bonchev–Trinajstić information content (AvgIpc) is 2.72. The molecule has 1 saturated carbocycles. The summed E-state index contributed by atoms with van der Waals surface area (Å²) >= 11 is 0. The molecule has 0 saturated heterocycles. The molecule has 4 nitrogen and oxygen atoms in total. The Morgan fingerprint density at radius 3 is 3.00 bits per heavy atom. The number of ether oxygens (including phenoxy) is 1. The van der Waals surface area contributed by atoms with E-state index in [1.165, 1.54) is 0 Å². The third-order valence-corrected chi connectivity index (χ3v) is 2.62. The summed E-state index contributed by atoms with van der Waals surface area (Å²) in [7, 11) is 0. The summed E-state index contributed by atoms with van der Waals surface area (Å²) in [6.07, 6.45) is 5.61.